The lowest BCUT2D eigenvalue weighted by atomic mass is 9.86. The summed E-state index contributed by atoms with van der Waals surface area (Å²) in [4.78, 5) is 24.4. The van der Waals surface area contributed by atoms with Gasteiger partial charge in [-0.05, 0) is 12.8 Å². The van der Waals surface area contributed by atoms with Crippen molar-refractivity contribution in [2.24, 2.45) is 0 Å². The van der Waals surface area contributed by atoms with Gasteiger partial charge in [-0.2, -0.15) is 0 Å². The maximum atomic E-state index is 12.2. The highest BCUT2D eigenvalue weighted by Crippen LogP contribution is 2.20. The number of hydrogen-bond acceptors (Lipinski definition) is 5. The third-order valence-electron chi connectivity index (χ3n) is 6.02. The quantitative estimate of drug-likeness (QED) is 0.204. The molecule has 0 radical (unpaired) electrons. The van der Waals surface area contributed by atoms with Crippen molar-refractivity contribution in [2.45, 2.75) is 141 Å². The number of unbranched alkanes of at least 4 members (excludes halogenated alkanes) is 14. The summed E-state index contributed by atoms with van der Waals surface area (Å²) in [7, 11) is 0. The molecule has 0 aliphatic rings. The Labute approximate surface area is 184 Å². The van der Waals surface area contributed by atoms with E-state index in [0.29, 0.717) is 12.8 Å². The van der Waals surface area contributed by atoms with Gasteiger partial charge in [0.2, 0.25) is 0 Å². The van der Waals surface area contributed by atoms with Gasteiger partial charge >= 0.3 is 0 Å². The highest BCUT2D eigenvalue weighted by atomic mass is 16.4. The lowest BCUT2D eigenvalue weighted by molar-refractivity contribution is -0.165. The Kier molecular flexibility index (Phi) is 18.5. The lowest BCUT2D eigenvalue weighted by Gasteiger charge is -2.28. The van der Waals surface area contributed by atoms with Crippen LogP contribution in [0.2, 0.25) is 0 Å². The normalized spacial score (nSPS) is 14.4. The summed E-state index contributed by atoms with van der Waals surface area (Å²) < 4.78 is 0. The van der Waals surface area contributed by atoms with Crippen molar-refractivity contribution in [1.82, 2.24) is 0 Å². The summed E-state index contributed by atoms with van der Waals surface area (Å²) in [6, 6.07) is 0. The largest absolute Gasteiger partial charge is 0.393 e. The van der Waals surface area contributed by atoms with Crippen LogP contribution in [0, 0.1) is 0 Å². The summed E-state index contributed by atoms with van der Waals surface area (Å²) >= 11 is 0. The first-order valence-corrected chi connectivity index (χ1v) is 12.5. The molecule has 178 valence electrons. The van der Waals surface area contributed by atoms with E-state index in [1.54, 1.807) is 0 Å². The lowest BCUT2D eigenvalue weighted by Crippen LogP contribution is -2.55. The van der Waals surface area contributed by atoms with Crippen molar-refractivity contribution < 1.29 is 24.9 Å². The van der Waals surface area contributed by atoms with Crippen LogP contribution < -0.4 is 0 Å². The molecule has 3 N–H and O–H groups in total. The zero-order valence-electron chi connectivity index (χ0n) is 19.7. The number of hydrogen-bond donors (Lipinski definition) is 3. The average molecular weight is 429 g/mol. The Morgan fingerprint density at radius 3 is 1.47 bits per heavy atom. The Hall–Kier alpha value is -0.780. The highest BCUT2D eigenvalue weighted by Gasteiger charge is 2.45. The molecule has 0 rings (SSSR count). The summed E-state index contributed by atoms with van der Waals surface area (Å²) in [5.74, 6) is -1.21. The zero-order valence-corrected chi connectivity index (χ0v) is 19.7. The van der Waals surface area contributed by atoms with Crippen LogP contribution in [-0.2, 0) is 9.59 Å². The molecular weight excluding hydrogens is 380 g/mol. The van der Waals surface area contributed by atoms with Gasteiger partial charge in [-0.1, -0.05) is 104 Å². The van der Waals surface area contributed by atoms with Gasteiger partial charge in [-0.25, -0.2) is 0 Å². The standard InChI is InChI=1S/C25H48O5/c1-3-5-7-8-9-10-11-12-13-14-15-16-18-19-22(27)24(29)25(30,21-26)23(28)20-17-6-4-2/h24,26,29-30H,3-21H2,1-2H3. The second-order valence-corrected chi connectivity index (χ2v) is 8.82. The van der Waals surface area contributed by atoms with Gasteiger partial charge in [-0.3, -0.25) is 9.59 Å². The van der Waals surface area contributed by atoms with E-state index in [4.69, 9.17) is 0 Å². The summed E-state index contributed by atoms with van der Waals surface area (Å²) in [6.45, 7) is 3.31. The van der Waals surface area contributed by atoms with Crippen LogP contribution in [0.5, 0.6) is 0 Å². The summed E-state index contributed by atoms with van der Waals surface area (Å²) in [5.41, 5.74) is -2.36. The van der Waals surface area contributed by atoms with Gasteiger partial charge < -0.3 is 15.3 Å². The predicted molar refractivity (Wildman–Crippen MR) is 123 cm³/mol. The smallest absolute Gasteiger partial charge is 0.178 e. The van der Waals surface area contributed by atoms with Crippen LogP contribution in [0.15, 0.2) is 0 Å². The average Bonchev–Trinajstić information content (AvgIpc) is 2.75. The minimum Gasteiger partial charge on any atom is -0.393 e. The molecule has 0 aliphatic heterocycles. The van der Waals surface area contributed by atoms with Crippen molar-refractivity contribution >= 4 is 11.6 Å². The third kappa shape index (κ3) is 12.8. The van der Waals surface area contributed by atoms with Crippen molar-refractivity contribution in [3.8, 4) is 0 Å². The third-order valence-corrected chi connectivity index (χ3v) is 6.02. The number of carbonyl (C=O) groups excluding carboxylic acids is 2. The Balaban J connectivity index is 3.87. The van der Waals surface area contributed by atoms with Crippen molar-refractivity contribution in [3.05, 3.63) is 0 Å². The Morgan fingerprint density at radius 1 is 0.667 bits per heavy atom. The molecular formula is C25H48O5. The van der Waals surface area contributed by atoms with Gasteiger partial charge in [0.05, 0.1) is 6.61 Å². The van der Waals surface area contributed by atoms with Gasteiger partial charge in [0.1, 0.15) is 0 Å². The van der Waals surface area contributed by atoms with Crippen LogP contribution >= 0.6 is 0 Å². The van der Waals surface area contributed by atoms with E-state index in [0.717, 1.165) is 32.1 Å². The van der Waals surface area contributed by atoms with Crippen LogP contribution in [-0.4, -0.2) is 45.2 Å². The molecule has 0 amide bonds. The van der Waals surface area contributed by atoms with Crippen molar-refractivity contribution in [1.29, 1.82) is 0 Å². The van der Waals surface area contributed by atoms with E-state index in [1.807, 2.05) is 6.92 Å². The minimum absolute atomic E-state index is 0.0635. The monoisotopic (exact) mass is 428 g/mol. The van der Waals surface area contributed by atoms with E-state index >= 15 is 0 Å². The van der Waals surface area contributed by atoms with Crippen molar-refractivity contribution in [3.63, 3.8) is 0 Å². The fraction of sp³-hybridized carbons (Fsp3) is 0.920. The van der Waals surface area contributed by atoms with E-state index in [9.17, 15) is 24.9 Å². The molecule has 5 heteroatoms. The van der Waals surface area contributed by atoms with E-state index in [2.05, 4.69) is 6.92 Å². The number of Topliss-reactive ketones (excluding diaryl/α,β-unsaturated/α-hetero) is 2. The molecule has 0 saturated heterocycles. The van der Waals surface area contributed by atoms with E-state index in [1.165, 1.54) is 57.8 Å². The van der Waals surface area contributed by atoms with Crippen LogP contribution in [0.25, 0.3) is 0 Å². The molecule has 30 heavy (non-hydrogen) atoms. The van der Waals surface area contributed by atoms with Gasteiger partial charge in [-0.15, -0.1) is 0 Å². The van der Waals surface area contributed by atoms with E-state index in [-0.39, 0.29) is 12.8 Å². The molecule has 0 fully saturated rings. The van der Waals surface area contributed by atoms with Crippen molar-refractivity contribution in [2.75, 3.05) is 6.61 Å². The molecule has 0 saturated carbocycles. The first-order valence-electron chi connectivity index (χ1n) is 12.5. The Bertz CT molecular complexity index is 437. The number of aliphatic hydroxyl groups excluding tert-OH is 2. The fourth-order valence-corrected chi connectivity index (χ4v) is 3.80. The maximum Gasteiger partial charge on any atom is 0.178 e. The van der Waals surface area contributed by atoms with Gasteiger partial charge in [0, 0.05) is 12.8 Å². The van der Waals surface area contributed by atoms with E-state index < -0.39 is 29.9 Å². The number of carbonyl (C=O) groups is 2. The van der Waals surface area contributed by atoms with Crippen LogP contribution in [0.3, 0.4) is 0 Å². The first-order chi connectivity index (χ1) is 14.4. The van der Waals surface area contributed by atoms with Crippen LogP contribution in [0.1, 0.15) is 129 Å². The van der Waals surface area contributed by atoms with Crippen LogP contribution in [0.4, 0.5) is 0 Å². The summed E-state index contributed by atoms with van der Waals surface area (Å²) in [5, 5.41) is 30.0. The zero-order chi connectivity index (χ0) is 22.7. The Morgan fingerprint density at radius 2 is 1.03 bits per heavy atom. The highest BCUT2D eigenvalue weighted by molar-refractivity contribution is 5.96. The van der Waals surface area contributed by atoms with Gasteiger partial charge in [0.25, 0.3) is 0 Å². The molecule has 2 atom stereocenters. The van der Waals surface area contributed by atoms with Gasteiger partial charge in [0.15, 0.2) is 23.3 Å². The molecule has 0 aliphatic carbocycles. The molecule has 0 bridgehead atoms. The predicted octanol–water partition coefficient (Wildman–Crippen LogP) is 5.27. The number of rotatable bonds is 22. The molecule has 0 aromatic carbocycles. The molecule has 0 aromatic rings. The second kappa shape index (κ2) is 18.9. The second-order valence-electron chi connectivity index (χ2n) is 8.82. The number of aliphatic hydroxyl groups is 3. The number of ketones is 2. The topological polar surface area (TPSA) is 94.8 Å². The molecule has 0 spiro atoms. The first kappa shape index (κ1) is 29.2. The SMILES string of the molecule is CCCCCCCCCCCCCCCC(=O)C(O)C(O)(CO)C(=O)CCCCC. The molecule has 5 nitrogen and oxygen atoms in total. The molecule has 2 unspecified atom stereocenters. The molecule has 0 aromatic heterocycles. The fourth-order valence-electron chi connectivity index (χ4n) is 3.80. The maximum absolute atomic E-state index is 12.2. The minimum atomic E-state index is -2.36. The summed E-state index contributed by atoms with van der Waals surface area (Å²) in [6.07, 6.45) is 16.3. The molecule has 0 heterocycles.